The van der Waals surface area contributed by atoms with Crippen LogP contribution in [0.25, 0.3) is 17.2 Å². The number of aryl methyl sites for hydroxylation is 1. The molecule has 1 aliphatic heterocycles. The normalized spacial score (nSPS) is 15.2. The number of allylic oxidation sites excluding steroid dienone is 1. The molecule has 0 amide bonds. The number of carbonyl (C=O) groups is 1. The lowest BCUT2D eigenvalue weighted by atomic mass is 9.91. The van der Waals surface area contributed by atoms with Gasteiger partial charge in [-0.15, -0.1) is 0 Å². The van der Waals surface area contributed by atoms with Crippen LogP contribution in [-0.4, -0.2) is 44.6 Å². The summed E-state index contributed by atoms with van der Waals surface area (Å²) in [4.78, 5) is 13.2. The molecule has 0 atom stereocenters. The molecule has 0 spiro atoms. The van der Waals surface area contributed by atoms with Gasteiger partial charge in [0, 0.05) is 25.2 Å². The zero-order chi connectivity index (χ0) is 19.2. The van der Waals surface area contributed by atoms with Crippen molar-refractivity contribution in [1.29, 1.82) is 0 Å². The van der Waals surface area contributed by atoms with Crippen molar-refractivity contribution in [2.24, 2.45) is 0 Å². The molecule has 4 heteroatoms. The number of rotatable bonds is 6. The Hall–Kier alpha value is -2.43. The van der Waals surface area contributed by atoms with Gasteiger partial charge in [0.2, 0.25) is 0 Å². The monoisotopic (exact) mass is 365 g/mol. The van der Waals surface area contributed by atoms with Crippen molar-refractivity contribution in [3.63, 3.8) is 0 Å². The van der Waals surface area contributed by atoms with Gasteiger partial charge >= 0.3 is 0 Å². The second kappa shape index (κ2) is 8.98. The molecule has 1 fully saturated rings. The topological polar surface area (TPSA) is 38.8 Å². The second-order valence-corrected chi connectivity index (χ2v) is 6.89. The average molecular weight is 365 g/mol. The highest BCUT2D eigenvalue weighted by Gasteiger charge is 2.15. The van der Waals surface area contributed by atoms with Crippen molar-refractivity contribution in [1.82, 2.24) is 4.90 Å². The predicted molar refractivity (Wildman–Crippen MR) is 109 cm³/mol. The molecule has 0 aromatic heterocycles. The average Bonchev–Trinajstić information content (AvgIpc) is 2.69. The molecule has 0 radical (unpaired) electrons. The Labute approximate surface area is 161 Å². The maximum absolute atomic E-state index is 10.8. The van der Waals surface area contributed by atoms with E-state index in [1.807, 2.05) is 12.1 Å². The molecule has 142 valence electrons. The molecule has 0 saturated carbocycles. The van der Waals surface area contributed by atoms with Gasteiger partial charge in [-0.2, -0.15) is 0 Å². The van der Waals surface area contributed by atoms with Crippen molar-refractivity contribution in [2.75, 3.05) is 33.4 Å². The number of hydrogen-bond donors (Lipinski definition) is 0. The van der Waals surface area contributed by atoms with Gasteiger partial charge in [0.25, 0.3) is 0 Å². The fraction of sp³-hybridized carbons (Fsp3) is 0.348. The first kappa shape index (κ1) is 19.3. The first-order valence-corrected chi connectivity index (χ1v) is 9.33. The van der Waals surface area contributed by atoms with Crippen LogP contribution in [0.2, 0.25) is 0 Å². The van der Waals surface area contributed by atoms with E-state index >= 15 is 0 Å². The highest BCUT2D eigenvalue weighted by molar-refractivity contribution is 5.82. The number of carbonyl (C=O) groups excluding carboxylic acids is 1. The molecule has 0 aliphatic carbocycles. The molecule has 2 aromatic rings. The third kappa shape index (κ3) is 4.46. The Balaban J connectivity index is 1.91. The highest BCUT2D eigenvalue weighted by atomic mass is 16.5. The van der Waals surface area contributed by atoms with E-state index in [2.05, 4.69) is 43.0 Å². The van der Waals surface area contributed by atoms with Crippen LogP contribution in [0, 0.1) is 13.8 Å². The van der Waals surface area contributed by atoms with E-state index in [1.54, 1.807) is 7.11 Å². The van der Waals surface area contributed by atoms with Crippen molar-refractivity contribution in [3.05, 3.63) is 58.7 Å². The molecule has 1 heterocycles. The van der Waals surface area contributed by atoms with Crippen LogP contribution in [0.5, 0.6) is 5.75 Å². The van der Waals surface area contributed by atoms with E-state index in [1.165, 1.54) is 22.8 Å². The predicted octanol–water partition coefficient (Wildman–Crippen LogP) is 4.02. The van der Waals surface area contributed by atoms with Crippen LogP contribution in [0.1, 0.15) is 22.3 Å². The van der Waals surface area contributed by atoms with Crippen molar-refractivity contribution >= 4 is 12.4 Å². The number of hydrogen-bond acceptors (Lipinski definition) is 4. The van der Waals surface area contributed by atoms with Crippen LogP contribution >= 0.6 is 0 Å². The SMILES string of the molecule is COc1cc(C)c(-c2ccc(CN3CCOCC3)cc2)c(C)c1/C=C\C=O. The van der Waals surface area contributed by atoms with E-state index in [0.29, 0.717) is 0 Å². The summed E-state index contributed by atoms with van der Waals surface area (Å²) in [6.07, 6.45) is 4.12. The summed E-state index contributed by atoms with van der Waals surface area (Å²) >= 11 is 0. The lowest BCUT2D eigenvalue weighted by molar-refractivity contribution is -0.104. The first-order valence-electron chi connectivity index (χ1n) is 9.33. The van der Waals surface area contributed by atoms with Crippen LogP contribution in [0.4, 0.5) is 0 Å². The lowest BCUT2D eigenvalue weighted by Gasteiger charge is -2.26. The summed E-state index contributed by atoms with van der Waals surface area (Å²) in [7, 11) is 1.66. The van der Waals surface area contributed by atoms with E-state index < -0.39 is 0 Å². The Morgan fingerprint density at radius 3 is 2.48 bits per heavy atom. The summed E-state index contributed by atoms with van der Waals surface area (Å²) in [5, 5.41) is 0. The van der Waals surface area contributed by atoms with E-state index in [-0.39, 0.29) is 0 Å². The van der Waals surface area contributed by atoms with Gasteiger partial charge in [-0.05, 0) is 59.9 Å². The van der Waals surface area contributed by atoms with Crippen LogP contribution in [0.3, 0.4) is 0 Å². The number of morpholine rings is 1. The molecule has 1 aliphatic rings. The Morgan fingerprint density at radius 1 is 1.15 bits per heavy atom. The zero-order valence-electron chi connectivity index (χ0n) is 16.3. The van der Waals surface area contributed by atoms with E-state index in [4.69, 9.17) is 9.47 Å². The molecule has 27 heavy (non-hydrogen) atoms. The van der Waals surface area contributed by atoms with Gasteiger partial charge in [0.1, 0.15) is 12.0 Å². The van der Waals surface area contributed by atoms with Gasteiger partial charge < -0.3 is 9.47 Å². The molecule has 2 aromatic carbocycles. The Morgan fingerprint density at radius 2 is 1.85 bits per heavy atom. The Bertz CT molecular complexity index is 819. The summed E-state index contributed by atoms with van der Waals surface area (Å²) in [6, 6.07) is 10.8. The molecule has 3 rings (SSSR count). The highest BCUT2D eigenvalue weighted by Crippen LogP contribution is 2.36. The molecule has 1 saturated heterocycles. The van der Waals surface area contributed by atoms with Gasteiger partial charge in [0.15, 0.2) is 0 Å². The quantitative estimate of drug-likeness (QED) is 0.572. The lowest BCUT2D eigenvalue weighted by Crippen LogP contribution is -2.35. The van der Waals surface area contributed by atoms with Gasteiger partial charge in [-0.1, -0.05) is 24.3 Å². The molecule has 0 N–H and O–H groups in total. The summed E-state index contributed by atoms with van der Waals surface area (Å²) in [6.45, 7) is 8.75. The largest absolute Gasteiger partial charge is 0.496 e. The maximum atomic E-state index is 10.8. The fourth-order valence-electron chi connectivity index (χ4n) is 3.71. The van der Waals surface area contributed by atoms with Gasteiger partial charge in [-0.25, -0.2) is 0 Å². The summed E-state index contributed by atoms with van der Waals surface area (Å²) < 4.78 is 10.9. The number of benzene rings is 2. The molecular weight excluding hydrogens is 338 g/mol. The van der Waals surface area contributed by atoms with Gasteiger partial charge in [-0.3, -0.25) is 9.69 Å². The van der Waals surface area contributed by atoms with E-state index in [9.17, 15) is 4.79 Å². The second-order valence-electron chi connectivity index (χ2n) is 6.89. The number of aldehydes is 1. The minimum atomic E-state index is 0.788. The van der Waals surface area contributed by atoms with Crippen LogP contribution in [0.15, 0.2) is 36.4 Å². The summed E-state index contributed by atoms with van der Waals surface area (Å²) in [5.41, 5.74) is 6.91. The molecule has 0 bridgehead atoms. The first-order chi connectivity index (χ1) is 13.1. The molecular formula is C23H27NO3. The maximum Gasteiger partial charge on any atom is 0.142 e. The van der Waals surface area contributed by atoms with Crippen LogP contribution < -0.4 is 4.74 Å². The third-order valence-corrected chi connectivity index (χ3v) is 5.10. The smallest absolute Gasteiger partial charge is 0.142 e. The zero-order valence-corrected chi connectivity index (χ0v) is 16.3. The summed E-state index contributed by atoms with van der Waals surface area (Å²) in [5.74, 6) is 0.788. The number of methoxy groups -OCH3 is 1. The number of nitrogens with zero attached hydrogens (tertiary/aromatic N) is 1. The van der Waals surface area contributed by atoms with Crippen molar-refractivity contribution in [2.45, 2.75) is 20.4 Å². The Kier molecular flexibility index (Phi) is 6.43. The molecule has 4 nitrogen and oxygen atoms in total. The fourth-order valence-corrected chi connectivity index (χ4v) is 3.71. The minimum Gasteiger partial charge on any atom is -0.496 e. The van der Waals surface area contributed by atoms with E-state index in [0.717, 1.165) is 61.6 Å². The van der Waals surface area contributed by atoms with Crippen molar-refractivity contribution in [3.8, 4) is 16.9 Å². The third-order valence-electron chi connectivity index (χ3n) is 5.10. The van der Waals surface area contributed by atoms with Gasteiger partial charge in [0.05, 0.1) is 20.3 Å². The standard InChI is InChI=1S/C23H27NO3/c1-17-15-22(26-3)21(5-4-12-25)18(2)23(17)20-8-6-19(7-9-20)16-24-10-13-27-14-11-24/h4-9,12,15H,10-11,13-14,16H2,1-3H3/b5-4-. The minimum absolute atomic E-state index is 0.788. The van der Waals surface area contributed by atoms with Crippen LogP contribution in [-0.2, 0) is 16.1 Å². The number of ether oxygens (including phenoxy) is 2. The molecule has 0 unspecified atom stereocenters. The van der Waals surface area contributed by atoms with Crippen molar-refractivity contribution < 1.29 is 14.3 Å².